The Morgan fingerprint density at radius 1 is 0.885 bits per heavy atom. The van der Waals surface area contributed by atoms with Crippen molar-refractivity contribution in [3.63, 3.8) is 0 Å². The zero-order valence-corrected chi connectivity index (χ0v) is 14.4. The fourth-order valence-corrected chi connectivity index (χ4v) is 3.20. The van der Waals surface area contributed by atoms with Crippen LogP contribution in [0, 0.1) is 17.5 Å². The summed E-state index contributed by atoms with van der Waals surface area (Å²) in [7, 11) is 0. The molecule has 0 saturated carbocycles. The van der Waals surface area contributed by atoms with Gasteiger partial charge in [-0.2, -0.15) is 0 Å². The minimum absolute atomic E-state index is 0.0486. The summed E-state index contributed by atoms with van der Waals surface area (Å²) < 4.78 is 39.5. The van der Waals surface area contributed by atoms with Crippen molar-refractivity contribution in [2.75, 3.05) is 37.6 Å². The van der Waals surface area contributed by atoms with E-state index < -0.39 is 11.6 Å². The Kier molecular flexibility index (Phi) is 5.93. The van der Waals surface area contributed by atoms with Crippen molar-refractivity contribution in [3.05, 3.63) is 65.5 Å². The number of hydrogen-bond donors (Lipinski definition) is 0. The molecule has 0 aromatic heterocycles. The molecule has 2 aromatic carbocycles. The Bertz CT molecular complexity index is 756. The summed E-state index contributed by atoms with van der Waals surface area (Å²) in [4.78, 5) is 16.5. The molecule has 0 bridgehead atoms. The van der Waals surface area contributed by atoms with Crippen LogP contribution in [0.4, 0.5) is 18.9 Å². The van der Waals surface area contributed by atoms with Crippen molar-refractivity contribution in [1.29, 1.82) is 0 Å². The molecule has 26 heavy (non-hydrogen) atoms. The van der Waals surface area contributed by atoms with Gasteiger partial charge in [0.25, 0.3) is 0 Å². The topological polar surface area (TPSA) is 23.6 Å². The molecule has 0 atom stereocenters. The zero-order chi connectivity index (χ0) is 18.5. The average Bonchev–Trinajstić information content (AvgIpc) is 2.63. The van der Waals surface area contributed by atoms with Crippen molar-refractivity contribution in [2.45, 2.75) is 12.8 Å². The molecular weight excluding hydrogens is 341 g/mol. The van der Waals surface area contributed by atoms with Crippen LogP contribution >= 0.6 is 0 Å². The van der Waals surface area contributed by atoms with Gasteiger partial charge in [0.05, 0.1) is 5.56 Å². The third-order valence-corrected chi connectivity index (χ3v) is 4.67. The number of benzene rings is 2. The van der Waals surface area contributed by atoms with Gasteiger partial charge in [0.1, 0.15) is 17.5 Å². The SMILES string of the molecule is O=C(CCCN1CCN(c2ccc(F)cc2)CC1)c1ccc(F)cc1F. The molecule has 3 nitrogen and oxygen atoms in total. The highest BCUT2D eigenvalue weighted by molar-refractivity contribution is 5.96. The molecule has 0 unspecified atom stereocenters. The van der Waals surface area contributed by atoms with Crippen LogP contribution in [-0.2, 0) is 0 Å². The van der Waals surface area contributed by atoms with Gasteiger partial charge in [-0.15, -0.1) is 0 Å². The number of carbonyl (C=O) groups excluding carboxylic acids is 1. The standard InChI is InChI=1S/C20H21F3N2O/c21-15-3-6-17(7-4-15)25-12-10-24(11-13-25)9-1-2-20(26)18-8-5-16(22)14-19(18)23/h3-8,14H,1-2,9-13H2. The maximum absolute atomic E-state index is 13.6. The minimum atomic E-state index is -0.803. The molecule has 0 amide bonds. The van der Waals surface area contributed by atoms with Crippen LogP contribution < -0.4 is 4.90 Å². The molecule has 1 heterocycles. The van der Waals surface area contributed by atoms with Crippen molar-refractivity contribution >= 4 is 11.5 Å². The van der Waals surface area contributed by atoms with E-state index in [1.54, 1.807) is 12.1 Å². The van der Waals surface area contributed by atoms with Crippen LogP contribution in [0.2, 0.25) is 0 Å². The summed E-state index contributed by atoms with van der Waals surface area (Å²) in [6, 6.07) is 9.52. The largest absolute Gasteiger partial charge is 0.369 e. The number of ketones is 1. The van der Waals surface area contributed by atoms with E-state index in [9.17, 15) is 18.0 Å². The predicted molar refractivity (Wildman–Crippen MR) is 95.0 cm³/mol. The second-order valence-electron chi connectivity index (χ2n) is 6.46. The lowest BCUT2D eigenvalue weighted by molar-refractivity contribution is 0.0970. The van der Waals surface area contributed by atoms with E-state index in [4.69, 9.17) is 0 Å². The van der Waals surface area contributed by atoms with Crippen molar-refractivity contribution in [1.82, 2.24) is 4.90 Å². The fraction of sp³-hybridized carbons (Fsp3) is 0.350. The number of hydrogen-bond acceptors (Lipinski definition) is 3. The maximum Gasteiger partial charge on any atom is 0.165 e. The summed E-state index contributed by atoms with van der Waals surface area (Å²) in [5.74, 6) is -2.02. The van der Waals surface area contributed by atoms with Gasteiger partial charge in [0, 0.05) is 44.4 Å². The van der Waals surface area contributed by atoms with Gasteiger partial charge in [-0.1, -0.05) is 0 Å². The first-order chi connectivity index (χ1) is 12.5. The second-order valence-corrected chi connectivity index (χ2v) is 6.46. The van der Waals surface area contributed by atoms with Gasteiger partial charge >= 0.3 is 0 Å². The van der Waals surface area contributed by atoms with E-state index in [1.807, 2.05) is 0 Å². The molecule has 1 aliphatic heterocycles. The molecule has 138 valence electrons. The van der Waals surface area contributed by atoms with Crippen molar-refractivity contribution < 1.29 is 18.0 Å². The Morgan fingerprint density at radius 3 is 2.19 bits per heavy atom. The highest BCUT2D eigenvalue weighted by atomic mass is 19.1. The highest BCUT2D eigenvalue weighted by Crippen LogP contribution is 2.17. The normalized spacial score (nSPS) is 15.3. The second kappa shape index (κ2) is 8.36. The third-order valence-electron chi connectivity index (χ3n) is 4.67. The lowest BCUT2D eigenvalue weighted by Crippen LogP contribution is -2.46. The van der Waals surface area contributed by atoms with E-state index in [-0.39, 0.29) is 23.6 Å². The molecule has 2 aromatic rings. The summed E-state index contributed by atoms with van der Waals surface area (Å²) in [5.41, 5.74) is 0.959. The summed E-state index contributed by atoms with van der Waals surface area (Å²) in [5, 5.41) is 0. The quantitative estimate of drug-likeness (QED) is 0.729. The van der Waals surface area contributed by atoms with E-state index in [1.165, 1.54) is 18.2 Å². The molecule has 1 fully saturated rings. The first-order valence-electron chi connectivity index (χ1n) is 8.74. The number of rotatable bonds is 6. The van der Waals surface area contributed by atoms with Crippen molar-refractivity contribution in [3.8, 4) is 0 Å². The first kappa shape index (κ1) is 18.5. The lowest BCUT2D eigenvalue weighted by atomic mass is 10.1. The highest BCUT2D eigenvalue weighted by Gasteiger charge is 2.18. The number of nitrogens with zero attached hydrogens (tertiary/aromatic N) is 2. The lowest BCUT2D eigenvalue weighted by Gasteiger charge is -2.36. The first-order valence-corrected chi connectivity index (χ1v) is 8.74. The molecule has 1 aliphatic rings. The van der Waals surface area contributed by atoms with Crippen LogP contribution in [0.5, 0.6) is 0 Å². The molecule has 0 aliphatic carbocycles. The summed E-state index contributed by atoms with van der Waals surface area (Å²) in [6.07, 6.45) is 0.868. The van der Waals surface area contributed by atoms with Gasteiger partial charge in [0.15, 0.2) is 5.78 Å². The Labute approximate surface area is 151 Å². The molecule has 1 saturated heterocycles. The van der Waals surface area contributed by atoms with Gasteiger partial charge in [-0.3, -0.25) is 9.69 Å². The van der Waals surface area contributed by atoms with Gasteiger partial charge in [0.2, 0.25) is 0 Å². The van der Waals surface area contributed by atoms with Gasteiger partial charge in [-0.25, -0.2) is 13.2 Å². The number of Topliss-reactive ketones (excluding diaryl/α,β-unsaturated/α-hetero) is 1. The van der Waals surface area contributed by atoms with Crippen LogP contribution in [0.15, 0.2) is 42.5 Å². The van der Waals surface area contributed by atoms with Gasteiger partial charge < -0.3 is 4.90 Å². The van der Waals surface area contributed by atoms with E-state index in [2.05, 4.69) is 9.80 Å². The summed E-state index contributed by atoms with van der Waals surface area (Å²) in [6.45, 7) is 4.15. The summed E-state index contributed by atoms with van der Waals surface area (Å²) >= 11 is 0. The van der Waals surface area contributed by atoms with Crippen LogP contribution in [0.25, 0.3) is 0 Å². The van der Waals surface area contributed by atoms with Crippen molar-refractivity contribution in [2.24, 2.45) is 0 Å². The molecular formula is C20H21F3N2O. The monoisotopic (exact) mass is 362 g/mol. The number of piperazine rings is 1. The Hall–Kier alpha value is -2.34. The molecule has 6 heteroatoms. The Morgan fingerprint density at radius 2 is 1.54 bits per heavy atom. The number of halogens is 3. The maximum atomic E-state index is 13.6. The smallest absolute Gasteiger partial charge is 0.165 e. The van der Waals surface area contributed by atoms with E-state index in [0.717, 1.165) is 50.5 Å². The van der Waals surface area contributed by atoms with Crippen LogP contribution in [0.1, 0.15) is 23.2 Å². The number of carbonyl (C=O) groups is 1. The van der Waals surface area contributed by atoms with E-state index in [0.29, 0.717) is 6.42 Å². The number of anilines is 1. The van der Waals surface area contributed by atoms with Crippen LogP contribution in [-0.4, -0.2) is 43.4 Å². The molecule has 0 spiro atoms. The van der Waals surface area contributed by atoms with Gasteiger partial charge in [-0.05, 0) is 49.4 Å². The minimum Gasteiger partial charge on any atom is -0.369 e. The third kappa shape index (κ3) is 4.64. The molecule has 0 N–H and O–H groups in total. The predicted octanol–water partition coefficient (Wildman–Crippen LogP) is 3.89. The van der Waals surface area contributed by atoms with Crippen LogP contribution in [0.3, 0.4) is 0 Å². The average molecular weight is 362 g/mol. The van der Waals surface area contributed by atoms with E-state index >= 15 is 0 Å². The zero-order valence-electron chi connectivity index (χ0n) is 14.4. The molecule has 0 radical (unpaired) electrons. The molecule has 3 rings (SSSR count). The fourth-order valence-electron chi connectivity index (χ4n) is 3.20. The Balaban J connectivity index is 1.42.